The third kappa shape index (κ3) is 3.95. The molecule has 1 heterocycles. The Hall–Kier alpha value is -2.64. The molecule has 0 aliphatic heterocycles. The third-order valence-electron chi connectivity index (χ3n) is 4.50. The van der Waals surface area contributed by atoms with Gasteiger partial charge in [0.25, 0.3) is 5.91 Å². The van der Waals surface area contributed by atoms with Gasteiger partial charge in [0.2, 0.25) is 10.0 Å². The van der Waals surface area contributed by atoms with Crippen molar-refractivity contribution in [2.75, 3.05) is 6.54 Å². The number of nitrogens with one attached hydrogen (secondary N) is 2. The molecule has 0 bridgehead atoms. The van der Waals surface area contributed by atoms with Gasteiger partial charge in [-0.25, -0.2) is 13.6 Å². The van der Waals surface area contributed by atoms with Crippen molar-refractivity contribution in [1.29, 1.82) is 0 Å². The van der Waals surface area contributed by atoms with Gasteiger partial charge in [-0.1, -0.05) is 13.0 Å². The summed E-state index contributed by atoms with van der Waals surface area (Å²) in [4.78, 5) is 15.5. The first-order valence-corrected chi connectivity index (χ1v) is 9.91. The average Bonchev–Trinajstić information content (AvgIpc) is 3.09. The number of H-pyrrole nitrogens is 1. The fourth-order valence-electron chi connectivity index (χ4n) is 2.94. The van der Waals surface area contributed by atoms with Crippen LogP contribution in [0, 0.1) is 0 Å². The summed E-state index contributed by atoms with van der Waals surface area (Å²) in [6.45, 7) is 2.58. The van der Waals surface area contributed by atoms with Gasteiger partial charge in [0.05, 0.1) is 4.90 Å². The molecule has 0 radical (unpaired) electrons. The standard InChI is InChI=1S/C19H21N3O3S/c1-2-13(15-5-8-18-16(11-15)9-10-21-18)12-22-19(23)14-3-6-17(7-4-14)26(20,24)25/h3-11,13,21H,2,12H2,1H3,(H,22,23)(H2,20,24,25)/t13-/m0/s1. The molecule has 1 atom stereocenters. The highest BCUT2D eigenvalue weighted by Gasteiger charge is 2.14. The summed E-state index contributed by atoms with van der Waals surface area (Å²) in [6.07, 6.45) is 2.79. The molecule has 0 spiro atoms. The molecule has 1 aromatic heterocycles. The summed E-state index contributed by atoms with van der Waals surface area (Å²) < 4.78 is 22.5. The topological polar surface area (TPSA) is 105 Å². The maximum absolute atomic E-state index is 12.3. The van der Waals surface area contributed by atoms with E-state index in [1.165, 1.54) is 29.8 Å². The SMILES string of the molecule is CC[C@@H](CNC(=O)c1ccc(S(N)(=O)=O)cc1)c1ccc2[nH]ccc2c1. The van der Waals surface area contributed by atoms with Crippen LogP contribution in [-0.2, 0) is 10.0 Å². The van der Waals surface area contributed by atoms with E-state index in [9.17, 15) is 13.2 Å². The molecule has 1 amide bonds. The van der Waals surface area contributed by atoms with Crippen molar-refractivity contribution in [3.63, 3.8) is 0 Å². The number of carbonyl (C=O) groups excluding carboxylic acids is 1. The Morgan fingerprint density at radius 2 is 1.88 bits per heavy atom. The Labute approximate surface area is 152 Å². The summed E-state index contributed by atoms with van der Waals surface area (Å²) in [5.41, 5.74) is 2.65. The number of nitrogens with two attached hydrogens (primary N) is 1. The van der Waals surface area contributed by atoms with Crippen LogP contribution >= 0.6 is 0 Å². The first kappa shape index (κ1) is 18.2. The molecule has 0 aliphatic rings. The Balaban J connectivity index is 1.68. The van der Waals surface area contributed by atoms with Crippen molar-refractivity contribution in [3.8, 4) is 0 Å². The molecule has 0 saturated heterocycles. The van der Waals surface area contributed by atoms with Crippen molar-refractivity contribution in [3.05, 3.63) is 65.9 Å². The Kier molecular flexibility index (Phi) is 5.11. The Bertz CT molecular complexity index is 1020. The van der Waals surface area contributed by atoms with E-state index in [1.807, 2.05) is 18.3 Å². The van der Waals surface area contributed by atoms with E-state index in [4.69, 9.17) is 5.14 Å². The maximum atomic E-state index is 12.3. The van der Waals surface area contributed by atoms with Crippen LogP contribution < -0.4 is 10.5 Å². The lowest BCUT2D eigenvalue weighted by Crippen LogP contribution is -2.28. The zero-order chi connectivity index (χ0) is 18.7. The smallest absolute Gasteiger partial charge is 0.251 e. The van der Waals surface area contributed by atoms with E-state index in [0.29, 0.717) is 12.1 Å². The van der Waals surface area contributed by atoms with Crippen LogP contribution in [-0.4, -0.2) is 25.9 Å². The van der Waals surface area contributed by atoms with Gasteiger partial charge < -0.3 is 10.3 Å². The first-order chi connectivity index (χ1) is 12.4. The van der Waals surface area contributed by atoms with Gasteiger partial charge in [0.15, 0.2) is 0 Å². The molecule has 0 saturated carbocycles. The summed E-state index contributed by atoms with van der Waals surface area (Å²) in [6, 6.07) is 13.9. The highest BCUT2D eigenvalue weighted by molar-refractivity contribution is 7.89. The largest absolute Gasteiger partial charge is 0.361 e. The van der Waals surface area contributed by atoms with Gasteiger partial charge in [0, 0.05) is 29.7 Å². The van der Waals surface area contributed by atoms with Crippen LogP contribution in [0.1, 0.15) is 35.2 Å². The van der Waals surface area contributed by atoms with Gasteiger partial charge in [-0.15, -0.1) is 0 Å². The fourth-order valence-corrected chi connectivity index (χ4v) is 3.45. The predicted molar refractivity (Wildman–Crippen MR) is 101 cm³/mol. The zero-order valence-electron chi connectivity index (χ0n) is 14.4. The molecule has 2 aromatic carbocycles. The lowest BCUT2D eigenvalue weighted by molar-refractivity contribution is 0.0951. The molecule has 26 heavy (non-hydrogen) atoms. The molecule has 4 N–H and O–H groups in total. The van der Waals surface area contributed by atoms with Crippen molar-refractivity contribution in [1.82, 2.24) is 10.3 Å². The monoisotopic (exact) mass is 371 g/mol. The van der Waals surface area contributed by atoms with E-state index in [-0.39, 0.29) is 16.7 Å². The highest BCUT2D eigenvalue weighted by Crippen LogP contribution is 2.23. The van der Waals surface area contributed by atoms with Crippen molar-refractivity contribution in [2.45, 2.75) is 24.2 Å². The summed E-state index contributed by atoms with van der Waals surface area (Å²) in [5.74, 6) is -0.0471. The van der Waals surface area contributed by atoms with Crippen LogP contribution in [0.15, 0.2) is 59.6 Å². The third-order valence-corrected chi connectivity index (χ3v) is 5.42. The van der Waals surface area contributed by atoms with Gasteiger partial charge >= 0.3 is 0 Å². The van der Waals surface area contributed by atoms with Gasteiger partial charge in [-0.3, -0.25) is 4.79 Å². The van der Waals surface area contributed by atoms with E-state index >= 15 is 0 Å². The quantitative estimate of drug-likeness (QED) is 0.620. The number of carbonyl (C=O) groups is 1. The van der Waals surface area contributed by atoms with Crippen LogP contribution in [0.3, 0.4) is 0 Å². The van der Waals surface area contributed by atoms with Crippen LogP contribution in [0.2, 0.25) is 0 Å². The molecule has 136 valence electrons. The van der Waals surface area contributed by atoms with Crippen LogP contribution in [0.4, 0.5) is 0 Å². The number of primary sulfonamides is 1. The van der Waals surface area contributed by atoms with Crippen molar-refractivity contribution >= 4 is 26.8 Å². The summed E-state index contributed by atoms with van der Waals surface area (Å²) in [7, 11) is -3.76. The molecule has 7 heteroatoms. The Morgan fingerprint density at radius 1 is 1.15 bits per heavy atom. The minimum atomic E-state index is -3.76. The van der Waals surface area contributed by atoms with E-state index in [1.54, 1.807) is 0 Å². The number of fused-ring (bicyclic) bond motifs is 1. The number of hydrogen-bond donors (Lipinski definition) is 3. The number of aromatic nitrogens is 1. The maximum Gasteiger partial charge on any atom is 0.251 e. The van der Waals surface area contributed by atoms with Crippen molar-refractivity contribution < 1.29 is 13.2 Å². The van der Waals surface area contributed by atoms with Crippen LogP contribution in [0.5, 0.6) is 0 Å². The zero-order valence-corrected chi connectivity index (χ0v) is 15.2. The molecule has 0 unspecified atom stereocenters. The second-order valence-electron chi connectivity index (χ2n) is 6.21. The molecule has 3 aromatic rings. The molecule has 3 rings (SSSR count). The summed E-state index contributed by atoms with van der Waals surface area (Å²) in [5, 5.41) is 9.13. The van der Waals surface area contributed by atoms with Gasteiger partial charge in [-0.2, -0.15) is 0 Å². The van der Waals surface area contributed by atoms with Crippen LogP contribution in [0.25, 0.3) is 10.9 Å². The number of hydrogen-bond acceptors (Lipinski definition) is 3. The lowest BCUT2D eigenvalue weighted by atomic mass is 9.95. The summed E-state index contributed by atoms with van der Waals surface area (Å²) >= 11 is 0. The average molecular weight is 371 g/mol. The predicted octanol–water partition coefficient (Wildman–Crippen LogP) is 2.74. The highest BCUT2D eigenvalue weighted by atomic mass is 32.2. The molecule has 0 fully saturated rings. The number of sulfonamides is 1. The number of aromatic amines is 1. The number of rotatable bonds is 6. The minimum absolute atomic E-state index is 0.0136. The lowest BCUT2D eigenvalue weighted by Gasteiger charge is -2.16. The van der Waals surface area contributed by atoms with E-state index in [0.717, 1.165) is 17.3 Å². The van der Waals surface area contributed by atoms with E-state index < -0.39 is 10.0 Å². The number of amides is 1. The molecular formula is C19H21N3O3S. The van der Waals surface area contributed by atoms with Gasteiger partial charge in [0.1, 0.15) is 0 Å². The molecule has 6 nitrogen and oxygen atoms in total. The minimum Gasteiger partial charge on any atom is -0.361 e. The fraction of sp³-hybridized carbons (Fsp3) is 0.211. The van der Waals surface area contributed by atoms with Crippen molar-refractivity contribution in [2.24, 2.45) is 5.14 Å². The first-order valence-electron chi connectivity index (χ1n) is 8.36. The molecular weight excluding hydrogens is 350 g/mol. The number of benzene rings is 2. The molecule has 0 aliphatic carbocycles. The van der Waals surface area contributed by atoms with E-state index in [2.05, 4.69) is 29.4 Å². The second-order valence-corrected chi connectivity index (χ2v) is 7.77. The Morgan fingerprint density at radius 3 is 2.54 bits per heavy atom. The van der Waals surface area contributed by atoms with Gasteiger partial charge in [-0.05, 0) is 59.8 Å². The normalized spacial score (nSPS) is 12.8. The second kappa shape index (κ2) is 7.31.